The molecule has 0 N–H and O–H groups in total. The average molecular weight is 302 g/mol. The van der Waals surface area contributed by atoms with E-state index in [1.54, 1.807) is 19.4 Å². The first-order chi connectivity index (χ1) is 9.85. The summed E-state index contributed by atoms with van der Waals surface area (Å²) in [6, 6.07) is 5.07. The third-order valence-corrected chi connectivity index (χ3v) is 2.68. The fourth-order valence-electron chi connectivity index (χ4n) is 1.68. The highest BCUT2D eigenvalue weighted by Gasteiger charge is 2.30. The van der Waals surface area contributed by atoms with Crippen LogP contribution in [0.3, 0.4) is 0 Å². The van der Waals surface area contributed by atoms with Gasteiger partial charge in [-0.3, -0.25) is 4.57 Å². The average Bonchev–Trinajstić information content (AvgIpc) is 2.71. The topological polar surface area (TPSA) is 45.4 Å². The van der Waals surface area contributed by atoms with Gasteiger partial charge in [-0.15, -0.1) is 13.2 Å². The van der Waals surface area contributed by atoms with Gasteiger partial charge in [-0.05, 0) is 24.3 Å². The van der Waals surface area contributed by atoms with Crippen molar-refractivity contribution in [3.05, 3.63) is 47.1 Å². The molecule has 1 aromatic heterocycles. The summed E-state index contributed by atoms with van der Waals surface area (Å²) in [7, 11) is 1.64. The van der Waals surface area contributed by atoms with E-state index in [1.165, 1.54) is 21.3 Å². The van der Waals surface area contributed by atoms with Crippen LogP contribution >= 0.6 is 0 Å². The molecule has 1 aromatic carbocycles. The third-order valence-electron chi connectivity index (χ3n) is 2.68. The number of aromatic nitrogens is 2. The molecule has 0 aliphatic heterocycles. The van der Waals surface area contributed by atoms with Crippen LogP contribution in [0.25, 0.3) is 0 Å². The molecule has 0 saturated carbocycles. The lowest BCUT2D eigenvalue weighted by Gasteiger charge is -2.10. The first-order valence-electron chi connectivity index (χ1n) is 6.05. The monoisotopic (exact) mass is 302 g/mol. The molecule has 2 rings (SSSR count). The van der Waals surface area contributed by atoms with E-state index >= 15 is 0 Å². The molecule has 0 bridgehead atoms. The molecular weight excluding hydrogens is 289 g/mol. The Kier molecular flexibility index (Phi) is 4.25. The van der Waals surface area contributed by atoms with Gasteiger partial charge in [0, 0.05) is 19.4 Å². The van der Waals surface area contributed by atoms with Crippen molar-refractivity contribution in [3.63, 3.8) is 0 Å². The van der Waals surface area contributed by atoms with Crippen molar-refractivity contribution < 1.29 is 22.6 Å². The van der Waals surface area contributed by atoms with Crippen LogP contribution in [0.4, 0.5) is 13.2 Å². The Morgan fingerprint density at radius 1 is 1.10 bits per heavy atom. The van der Waals surface area contributed by atoms with Gasteiger partial charge in [0.25, 0.3) is 0 Å². The molecule has 0 fully saturated rings. The van der Waals surface area contributed by atoms with E-state index in [4.69, 9.17) is 4.74 Å². The minimum atomic E-state index is -4.71. The van der Waals surface area contributed by atoms with E-state index in [1.807, 2.05) is 0 Å². The summed E-state index contributed by atoms with van der Waals surface area (Å²) in [4.78, 5) is 11.5. The SMILES string of the molecule is Cn1ccn(CCOc2ccc(OC(F)(F)F)cc2)c1=O. The number of alkyl halides is 3. The second-order valence-corrected chi connectivity index (χ2v) is 4.25. The number of imidazole rings is 1. The summed E-state index contributed by atoms with van der Waals surface area (Å²) in [5.74, 6) is 0.0858. The van der Waals surface area contributed by atoms with Crippen LogP contribution in [0.2, 0.25) is 0 Å². The molecule has 0 aliphatic carbocycles. The second-order valence-electron chi connectivity index (χ2n) is 4.25. The van der Waals surface area contributed by atoms with E-state index in [9.17, 15) is 18.0 Å². The van der Waals surface area contributed by atoms with Crippen molar-refractivity contribution in [3.8, 4) is 11.5 Å². The van der Waals surface area contributed by atoms with Gasteiger partial charge >= 0.3 is 12.1 Å². The number of nitrogens with zero attached hydrogens (tertiary/aromatic N) is 2. The molecule has 5 nitrogen and oxygen atoms in total. The number of benzene rings is 1. The molecular formula is C13H13F3N2O3. The maximum atomic E-state index is 12.0. The molecule has 0 unspecified atom stereocenters. The van der Waals surface area contributed by atoms with E-state index < -0.39 is 6.36 Å². The number of ether oxygens (including phenoxy) is 2. The summed E-state index contributed by atoms with van der Waals surface area (Å²) in [6.07, 6.45) is -1.45. The van der Waals surface area contributed by atoms with Gasteiger partial charge in [0.2, 0.25) is 0 Å². The molecule has 0 amide bonds. The van der Waals surface area contributed by atoms with Gasteiger partial charge in [-0.2, -0.15) is 0 Å². The Labute approximate surface area is 118 Å². The van der Waals surface area contributed by atoms with Crippen molar-refractivity contribution in [1.29, 1.82) is 0 Å². The number of halogens is 3. The van der Waals surface area contributed by atoms with Crippen LogP contribution in [0.5, 0.6) is 11.5 Å². The second kappa shape index (κ2) is 5.94. The molecule has 1 heterocycles. The van der Waals surface area contributed by atoms with Crippen molar-refractivity contribution >= 4 is 0 Å². The third kappa shape index (κ3) is 4.30. The molecule has 8 heteroatoms. The van der Waals surface area contributed by atoms with Crippen LogP contribution in [-0.4, -0.2) is 22.1 Å². The highest BCUT2D eigenvalue weighted by molar-refractivity contribution is 5.31. The Hall–Kier alpha value is -2.38. The molecule has 0 atom stereocenters. The maximum absolute atomic E-state index is 12.0. The van der Waals surface area contributed by atoms with Crippen LogP contribution in [0, 0.1) is 0 Å². The van der Waals surface area contributed by atoms with Crippen molar-refractivity contribution in [2.45, 2.75) is 12.9 Å². The van der Waals surface area contributed by atoms with Gasteiger partial charge < -0.3 is 14.0 Å². The lowest BCUT2D eigenvalue weighted by Crippen LogP contribution is -2.24. The minimum absolute atomic E-state index is 0.160. The van der Waals surface area contributed by atoms with Crippen LogP contribution in [0.1, 0.15) is 0 Å². The molecule has 0 spiro atoms. The molecule has 114 valence electrons. The minimum Gasteiger partial charge on any atom is -0.492 e. The maximum Gasteiger partial charge on any atom is 0.573 e. The largest absolute Gasteiger partial charge is 0.573 e. The zero-order valence-electron chi connectivity index (χ0n) is 11.1. The number of rotatable bonds is 5. The van der Waals surface area contributed by atoms with E-state index in [0.717, 1.165) is 12.1 Å². The number of aryl methyl sites for hydroxylation is 1. The summed E-state index contributed by atoms with van der Waals surface area (Å²) in [5, 5.41) is 0. The van der Waals surface area contributed by atoms with Gasteiger partial charge in [-0.1, -0.05) is 0 Å². The van der Waals surface area contributed by atoms with Gasteiger partial charge in [0.1, 0.15) is 18.1 Å². The fraction of sp³-hybridized carbons (Fsp3) is 0.308. The zero-order valence-corrected chi connectivity index (χ0v) is 11.1. The molecule has 0 radical (unpaired) electrons. The lowest BCUT2D eigenvalue weighted by atomic mass is 10.3. The van der Waals surface area contributed by atoms with Crippen LogP contribution in [0.15, 0.2) is 41.5 Å². The van der Waals surface area contributed by atoms with E-state index in [2.05, 4.69) is 4.74 Å². The molecule has 21 heavy (non-hydrogen) atoms. The highest BCUT2D eigenvalue weighted by Crippen LogP contribution is 2.24. The normalized spacial score (nSPS) is 11.4. The summed E-state index contributed by atoms with van der Waals surface area (Å²) in [6.45, 7) is 0.573. The lowest BCUT2D eigenvalue weighted by molar-refractivity contribution is -0.274. The van der Waals surface area contributed by atoms with Crippen molar-refractivity contribution in [2.24, 2.45) is 7.05 Å². The van der Waals surface area contributed by atoms with Crippen molar-refractivity contribution in [2.75, 3.05) is 6.61 Å². The van der Waals surface area contributed by atoms with Crippen LogP contribution < -0.4 is 15.2 Å². The van der Waals surface area contributed by atoms with Gasteiger partial charge in [0.05, 0.1) is 6.54 Å². The van der Waals surface area contributed by atoms with Crippen LogP contribution in [-0.2, 0) is 13.6 Å². The molecule has 0 saturated heterocycles. The summed E-state index contributed by atoms with van der Waals surface area (Å²) < 4.78 is 48.0. The fourth-order valence-corrected chi connectivity index (χ4v) is 1.68. The predicted molar refractivity (Wildman–Crippen MR) is 68.3 cm³/mol. The van der Waals surface area contributed by atoms with Crippen molar-refractivity contribution in [1.82, 2.24) is 9.13 Å². The smallest absolute Gasteiger partial charge is 0.492 e. The molecule has 0 aliphatic rings. The first-order valence-corrected chi connectivity index (χ1v) is 6.05. The quantitative estimate of drug-likeness (QED) is 0.850. The zero-order chi connectivity index (χ0) is 15.5. The Morgan fingerprint density at radius 3 is 2.24 bits per heavy atom. The van der Waals surface area contributed by atoms with E-state index in [-0.39, 0.29) is 18.0 Å². The molecule has 2 aromatic rings. The summed E-state index contributed by atoms with van der Waals surface area (Å²) in [5.41, 5.74) is -0.160. The highest BCUT2D eigenvalue weighted by atomic mass is 19.4. The predicted octanol–water partition coefficient (Wildman–Crippen LogP) is 2.16. The standard InChI is InChI=1S/C13H13F3N2O3/c1-17-6-7-18(12(17)19)8-9-20-10-2-4-11(5-3-10)21-13(14,15)16/h2-7H,8-9H2,1H3. The Bertz CT molecular complexity index is 644. The number of hydrogen-bond acceptors (Lipinski definition) is 3. The van der Waals surface area contributed by atoms with E-state index in [0.29, 0.717) is 12.3 Å². The first kappa shape index (κ1) is 15.0. The number of hydrogen-bond donors (Lipinski definition) is 0. The Balaban J connectivity index is 1.86. The van der Waals surface area contributed by atoms with Gasteiger partial charge in [-0.25, -0.2) is 4.79 Å². The van der Waals surface area contributed by atoms with Gasteiger partial charge in [0.15, 0.2) is 0 Å². The summed E-state index contributed by atoms with van der Waals surface area (Å²) >= 11 is 0. The Morgan fingerprint density at radius 2 is 1.71 bits per heavy atom.